The molecule has 44 heteroatoms. The van der Waals surface area contributed by atoms with Crippen LogP contribution in [0.1, 0.15) is 127 Å². The molecule has 137 heavy (non-hydrogen) atoms. The van der Waals surface area contributed by atoms with Gasteiger partial charge in [-0.3, -0.25) is 38.4 Å². The van der Waals surface area contributed by atoms with Gasteiger partial charge in [0, 0.05) is 79.1 Å². The van der Waals surface area contributed by atoms with E-state index in [1.54, 1.807) is 19.1 Å². The Labute approximate surface area is 799 Å². The van der Waals surface area contributed by atoms with E-state index in [-0.39, 0.29) is 247 Å². The summed E-state index contributed by atoms with van der Waals surface area (Å²) in [6.45, 7) is 3.81. The van der Waals surface area contributed by atoms with Gasteiger partial charge in [-0.05, 0) is 60.2 Å². The van der Waals surface area contributed by atoms with E-state index >= 15 is 0 Å². The molecule has 17 N–H and O–H groups in total. The SMILES string of the molecule is COc1ccc(C(OC[C@@H]2C[C@@H](O)CN2C(=O)CCCCCCCCCCC(=O)NC(COCCC(=O)NCCOCCOCCOC2OC(COC(C)=O)C(O)C(O)C2N)(COCCC(=O)NCCOCCOCCOC2OC(COC(C)=O)C(O)C(O)C2N)COCCC(=O)NCCOCCOCCOC2OC(COC(C)=O)C(O)C(O)C2N)(c2ccccc2)c2ccc(OC)cc2)cc1. The van der Waals surface area contributed by atoms with Gasteiger partial charge in [-0.15, -0.1) is 0 Å². The van der Waals surface area contributed by atoms with Crippen molar-refractivity contribution in [2.24, 2.45) is 17.2 Å². The zero-order chi connectivity index (χ0) is 99.2. The van der Waals surface area contributed by atoms with Crippen molar-refractivity contribution in [1.82, 2.24) is 26.2 Å². The summed E-state index contributed by atoms with van der Waals surface area (Å²) in [4.78, 5) is 104. The van der Waals surface area contributed by atoms with Crippen LogP contribution >= 0.6 is 0 Å². The van der Waals surface area contributed by atoms with E-state index in [1.165, 1.54) is 20.8 Å². The Balaban J connectivity index is 0.888. The fourth-order valence-electron chi connectivity index (χ4n) is 15.3. The van der Waals surface area contributed by atoms with Gasteiger partial charge in [-0.1, -0.05) is 93.1 Å². The predicted molar refractivity (Wildman–Crippen MR) is 485 cm³/mol. The van der Waals surface area contributed by atoms with Crippen LogP contribution in [0, 0.1) is 0 Å². The molecule has 4 aliphatic heterocycles. The average Bonchev–Trinajstić information content (AvgIpc) is 1.36. The number of aliphatic hydroxyl groups excluding tert-OH is 7. The lowest BCUT2D eigenvalue weighted by atomic mass is 9.80. The number of nitrogens with one attached hydrogen (secondary N) is 4. The van der Waals surface area contributed by atoms with Crippen molar-refractivity contribution in [2.45, 2.75) is 226 Å². The third-order valence-electron chi connectivity index (χ3n) is 22.8. The van der Waals surface area contributed by atoms with Gasteiger partial charge in [0.25, 0.3) is 0 Å². The molecule has 5 amide bonds. The number of amides is 5. The first-order valence-corrected chi connectivity index (χ1v) is 46.9. The third-order valence-corrected chi connectivity index (χ3v) is 22.8. The largest absolute Gasteiger partial charge is 0.497 e. The molecule has 0 aromatic heterocycles. The van der Waals surface area contributed by atoms with Crippen LogP contribution in [-0.2, 0) is 134 Å². The van der Waals surface area contributed by atoms with Crippen molar-refractivity contribution < 1.29 is 174 Å². The minimum Gasteiger partial charge on any atom is -0.497 e. The fraction of sp³-hybridized carbons (Fsp3) is 0.720. The molecule has 0 aliphatic carbocycles. The number of nitrogens with two attached hydrogens (primary N) is 3. The van der Waals surface area contributed by atoms with Gasteiger partial charge < -0.3 is 179 Å². The zero-order valence-corrected chi connectivity index (χ0v) is 79.4. The molecule has 4 heterocycles. The Morgan fingerprint density at radius 3 is 1.06 bits per heavy atom. The van der Waals surface area contributed by atoms with E-state index < -0.39 is 133 Å². The number of esters is 3. The summed E-state index contributed by atoms with van der Waals surface area (Å²) in [5, 5.41) is 84.7. The van der Waals surface area contributed by atoms with Crippen molar-refractivity contribution in [3.63, 3.8) is 0 Å². The summed E-state index contributed by atoms with van der Waals surface area (Å²) in [5.74, 6) is -1.99. The maximum absolute atomic E-state index is 14.2. The quantitative estimate of drug-likeness (QED) is 0.0132. The van der Waals surface area contributed by atoms with Crippen LogP contribution in [-0.4, -0.2) is 403 Å². The topological polar surface area (TPSA) is 601 Å². The number of rotatable bonds is 71. The lowest BCUT2D eigenvalue weighted by molar-refractivity contribution is -0.268. The van der Waals surface area contributed by atoms with Crippen molar-refractivity contribution in [3.8, 4) is 11.5 Å². The number of benzene rings is 3. The normalized spacial score (nSPS) is 23.8. The van der Waals surface area contributed by atoms with Gasteiger partial charge in [0.2, 0.25) is 29.5 Å². The maximum Gasteiger partial charge on any atom is 0.302 e. The van der Waals surface area contributed by atoms with E-state index in [1.807, 2.05) is 78.9 Å². The Hall–Kier alpha value is -8.02. The third kappa shape index (κ3) is 42.0. The molecule has 776 valence electrons. The molecule has 3 aromatic rings. The van der Waals surface area contributed by atoms with Gasteiger partial charge in [-0.25, -0.2) is 0 Å². The van der Waals surface area contributed by atoms with Gasteiger partial charge in [-0.2, -0.15) is 0 Å². The highest BCUT2D eigenvalue weighted by atomic mass is 16.7. The second-order valence-electron chi connectivity index (χ2n) is 33.5. The number of hydrogen-bond donors (Lipinski definition) is 14. The monoisotopic (exact) mass is 1950 g/mol. The van der Waals surface area contributed by atoms with Crippen molar-refractivity contribution in [1.29, 1.82) is 0 Å². The predicted octanol–water partition coefficient (Wildman–Crippen LogP) is -1.54. The molecule has 0 radical (unpaired) electrons. The first kappa shape index (κ1) is 116. The number of carbonyl (C=O) groups is 8. The second kappa shape index (κ2) is 65.1. The molecule has 44 nitrogen and oxygen atoms in total. The van der Waals surface area contributed by atoms with E-state index in [4.69, 9.17) is 117 Å². The number of likely N-dealkylation sites (tertiary alicyclic amines) is 1. The zero-order valence-electron chi connectivity index (χ0n) is 79.4. The molecule has 17 atom stereocenters. The number of methoxy groups -OCH3 is 2. The number of nitrogens with zero attached hydrogens (tertiary/aromatic N) is 1. The molecule has 0 spiro atoms. The lowest BCUT2D eigenvalue weighted by Crippen LogP contribution is -2.62. The van der Waals surface area contributed by atoms with Crippen molar-refractivity contribution >= 4 is 47.4 Å². The number of ether oxygens (including phenoxy) is 21. The van der Waals surface area contributed by atoms with Crippen molar-refractivity contribution in [3.05, 3.63) is 95.6 Å². The summed E-state index contributed by atoms with van der Waals surface area (Å²) in [5.41, 5.74) is 18.0. The summed E-state index contributed by atoms with van der Waals surface area (Å²) in [6, 6.07) is 21.7. The first-order chi connectivity index (χ1) is 66.1. The standard InChI is InChI=1S/C93H148N8O36/c1-62(102)131-56-72-83(111)86(114)80(94)89(135-72)128-50-47-122-44-41-119-38-32-97-75(106)29-35-125-59-92(60-126-36-30-76(107)98-33-39-120-42-45-123-48-51-129-90-81(95)87(115)84(112)73(136-90)57-132-63(2)103,61-127-37-31-77(108)99-34-40-121-43-46-124-49-52-130-91-82(96)88(116)85(113)74(137-91)58-133-64(3)104)100-78(109)19-15-10-8-6-7-9-11-16-20-79(110)101-54-69(105)53-68(101)55-134-93(65-17-13-12-14-18-65,66-21-25-70(117-4)26-22-66)67-23-27-71(118-5)28-24-67/h12-14,17-18,21-28,68-69,72-74,80-91,105,111-116H,6-11,15-16,19-20,29-61,94-96H2,1-5H3,(H,97,106)(H,98,107)(H,99,108)(H,100,109)/t68-,69+,72?,73?,74?,80?,81?,82?,83?,84?,85?,86?,87?,88?,89?,90?,91?,92?/m0/s1. The molecule has 4 saturated heterocycles. The highest BCUT2D eigenvalue weighted by molar-refractivity contribution is 5.78. The molecular formula is C93H148N8O36. The van der Waals surface area contributed by atoms with Crippen LogP contribution in [0.2, 0.25) is 0 Å². The van der Waals surface area contributed by atoms with Gasteiger partial charge in [0.1, 0.15) is 97.4 Å². The van der Waals surface area contributed by atoms with E-state index in [2.05, 4.69) is 21.3 Å². The second-order valence-corrected chi connectivity index (χ2v) is 33.5. The summed E-state index contributed by atoms with van der Waals surface area (Å²) >= 11 is 0. The van der Waals surface area contributed by atoms with Crippen LogP contribution in [0.25, 0.3) is 0 Å². The molecular weight excluding hydrogens is 1810 g/mol. The van der Waals surface area contributed by atoms with E-state index in [0.717, 1.165) is 48.8 Å². The fourth-order valence-corrected chi connectivity index (χ4v) is 15.3. The van der Waals surface area contributed by atoms with Gasteiger partial charge in [0.05, 0.1) is 190 Å². The molecule has 0 saturated carbocycles. The Kier molecular flexibility index (Phi) is 55.1. The Bertz CT molecular complexity index is 3630. The number of aliphatic hydroxyl groups is 7. The minimum absolute atomic E-state index is 0.000428. The minimum atomic E-state index is -1.44. The Morgan fingerprint density at radius 1 is 0.380 bits per heavy atom. The van der Waals surface area contributed by atoms with Crippen LogP contribution in [0.5, 0.6) is 11.5 Å². The summed E-state index contributed by atoms with van der Waals surface area (Å²) in [7, 11) is 3.22. The molecule has 4 fully saturated rings. The number of hydrogen-bond acceptors (Lipinski definition) is 39. The number of β-amino-alcohol motifs (C(OH)–C–C–N with tert-alkyl or cyclic N) is 1. The highest BCUT2D eigenvalue weighted by Crippen LogP contribution is 2.43. The van der Waals surface area contributed by atoms with Crippen LogP contribution < -0.4 is 47.9 Å². The van der Waals surface area contributed by atoms with Crippen LogP contribution in [0.3, 0.4) is 0 Å². The number of carbonyl (C=O) groups excluding carboxylic acids is 8. The van der Waals surface area contributed by atoms with Gasteiger partial charge in [0.15, 0.2) is 18.9 Å². The first-order valence-electron chi connectivity index (χ1n) is 46.9. The summed E-state index contributed by atoms with van der Waals surface area (Å²) in [6.07, 6.45) is -9.13. The smallest absolute Gasteiger partial charge is 0.302 e. The van der Waals surface area contributed by atoms with Crippen LogP contribution in [0.4, 0.5) is 0 Å². The molecule has 0 bridgehead atoms. The maximum atomic E-state index is 14.2. The van der Waals surface area contributed by atoms with E-state index in [9.17, 15) is 74.1 Å². The molecule has 15 unspecified atom stereocenters. The molecule has 3 aromatic carbocycles. The molecule has 4 aliphatic rings. The number of unbranched alkanes of at least 4 members (excludes halogenated alkanes) is 7. The lowest BCUT2D eigenvalue weighted by Gasteiger charge is -2.40. The van der Waals surface area contributed by atoms with Crippen molar-refractivity contribution in [2.75, 3.05) is 206 Å². The van der Waals surface area contributed by atoms with E-state index in [0.29, 0.717) is 43.6 Å². The summed E-state index contributed by atoms with van der Waals surface area (Å²) < 4.78 is 119. The van der Waals surface area contributed by atoms with Gasteiger partial charge >= 0.3 is 17.9 Å². The van der Waals surface area contributed by atoms with Crippen LogP contribution in [0.15, 0.2) is 78.9 Å². The highest BCUT2D eigenvalue weighted by Gasteiger charge is 2.48. The Morgan fingerprint density at radius 2 is 0.708 bits per heavy atom. The average molecular weight is 1950 g/mol. The molecule has 7 rings (SSSR count).